The van der Waals surface area contributed by atoms with Crippen LogP contribution in [-0.4, -0.2) is 49.3 Å². The number of hydrogen-bond donors (Lipinski definition) is 2. The van der Waals surface area contributed by atoms with E-state index in [-0.39, 0.29) is 38.6 Å². The maximum atomic E-state index is 12.4. The molecule has 0 radical (unpaired) electrons. The quantitative estimate of drug-likeness (QED) is 0.0371. The molecule has 47 heavy (non-hydrogen) atoms. The van der Waals surface area contributed by atoms with Gasteiger partial charge in [-0.25, -0.2) is 4.57 Å². The third kappa shape index (κ3) is 34.7. The minimum atomic E-state index is -4.36. The molecule has 3 N–H and O–H groups in total. The number of rotatable bonds is 37. The molecule has 0 fully saturated rings. The van der Waals surface area contributed by atoms with Crippen molar-refractivity contribution in [1.82, 2.24) is 0 Å². The summed E-state index contributed by atoms with van der Waals surface area (Å²) in [7, 11) is -4.36. The molecule has 10 heteroatoms. The third-order valence-electron chi connectivity index (χ3n) is 8.49. The average molecular weight is 692 g/mol. The van der Waals surface area contributed by atoms with E-state index >= 15 is 0 Å². The van der Waals surface area contributed by atoms with E-state index in [4.69, 9.17) is 24.3 Å². The van der Waals surface area contributed by atoms with Crippen LogP contribution in [0.5, 0.6) is 0 Å². The Labute approximate surface area is 288 Å². The van der Waals surface area contributed by atoms with E-state index in [9.17, 15) is 19.0 Å². The molecule has 0 heterocycles. The molecule has 0 amide bonds. The fraction of sp³-hybridized carbons (Fsp3) is 0.946. The zero-order valence-corrected chi connectivity index (χ0v) is 31.4. The highest BCUT2D eigenvalue weighted by molar-refractivity contribution is 7.47. The van der Waals surface area contributed by atoms with Gasteiger partial charge < -0.3 is 20.1 Å². The van der Waals surface area contributed by atoms with Gasteiger partial charge in [0.05, 0.1) is 13.2 Å². The van der Waals surface area contributed by atoms with Gasteiger partial charge in [-0.1, -0.05) is 168 Å². The lowest BCUT2D eigenvalue weighted by Crippen LogP contribution is -2.29. The van der Waals surface area contributed by atoms with Crippen molar-refractivity contribution in [2.24, 2.45) is 5.73 Å². The van der Waals surface area contributed by atoms with Crippen LogP contribution in [-0.2, 0) is 32.7 Å². The summed E-state index contributed by atoms with van der Waals surface area (Å²) in [6.07, 6.45) is 31.5. The van der Waals surface area contributed by atoms with Crippen LogP contribution in [0, 0.1) is 0 Å². The van der Waals surface area contributed by atoms with E-state index < -0.39 is 26.5 Å². The van der Waals surface area contributed by atoms with E-state index in [1.807, 2.05) is 0 Å². The molecule has 1 unspecified atom stereocenters. The normalized spacial score (nSPS) is 13.4. The molecule has 0 saturated carbocycles. The number of hydrogen-bond acceptors (Lipinski definition) is 8. The Morgan fingerprint density at radius 3 is 1.30 bits per heavy atom. The smallest absolute Gasteiger partial charge is 0.462 e. The summed E-state index contributed by atoms with van der Waals surface area (Å²) >= 11 is 0. The highest BCUT2D eigenvalue weighted by Crippen LogP contribution is 2.43. The minimum absolute atomic E-state index is 0.0575. The number of nitrogens with two attached hydrogens (primary N) is 1. The second-order valence-corrected chi connectivity index (χ2v) is 14.6. The molecular weight excluding hydrogens is 617 g/mol. The van der Waals surface area contributed by atoms with Gasteiger partial charge in [-0.2, -0.15) is 0 Å². The van der Waals surface area contributed by atoms with Crippen molar-refractivity contribution in [2.75, 3.05) is 26.4 Å². The highest BCUT2D eigenvalue weighted by Gasteiger charge is 2.25. The van der Waals surface area contributed by atoms with E-state index in [0.717, 1.165) is 38.5 Å². The lowest BCUT2D eigenvalue weighted by atomic mass is 10.0. The Bertz CT molecular complexity index is 754. The second-order valence-electron chi connectivity index (χ2n) is 13.2. The van der Waals surface area contributed by atoms with Gasteiger partial charge in [-0.05, 0) is 12.8 Å². The summed E-state index contributed by atoms with van der Waals surface area (Å²) in [5.41, 5.74) is 5.32. The molecule has 0 aliphatic rings. The van der Waals surface area contributed by atoms with Crippen LogP contribution in [0.4, 0.5) is 0 Å². The summed E-state index contributed by atoms with van der Waals surface area (Å²) in [4.78, 5) is 34.6. The second kappa shape index (κ2) is 34.9. The predicted molar refractivity (Wildman–Crippen MR) is 192 cm³/mol. The third-order valence-corrected chi connectivity index (χ3v) is 9.48. The fourth-order valence-corrected chi connectivity index (χ4v) is 6.34. The highest BCUT2D eigenvalue weighted by atomic mass is 31.2. The maximum absolute atomic E-state index is 12.4. The van der Waals surface area contributed by atoms with E-state index in [2.05, 4.69) is 13.8 Å². The lowest BCUT2D eigenvalue weighted by molar-refractivity contribution is -0.161. The summed E-state index contributed by atoms with van der Waals surface area (Å²) in [5.74, 6) is -0.822. The molecule has 2 atom stereocenters. The summed E-state index contributed by atoms with van der Waals surface area (Å²) in [5, 5.41) is 0. The number of phosphoric acid groups is 1. The standard InChI is InChI=1S/C37H74NO8P/c1-3-5-7-9-11-13-14-15-16-17-18-19-20-21-22-24-25-27-29-36(39)43-33-35(34-45-47(41,42)44-32-31-38)46-37(40)30-28-26-23-12-10-8-6-4-2/h35H,3-34,38H2,1-2H3,(H,41,42)/t35-/m0/s1. The molecule has 9 nitrogen and oxygen atoms in total. The van der Waals surface area contributed by atoms with Crippen molar-refractivity contribution in [1.29, 1.82) is 0 Å². The fourth-order valence-electron chi connectivity index (χ4n) is 5.58. The Morgan fingerprint density at radius 1 is 0.553 bits per heavy atom. The van der Waals surface area contributed by atoms with Crippen molar-refractivity contribution in [3.63, 3.8) is 0 Å². The molecule has 0 saturated heterocycles. The van der Waals surface area contributed by atoms with Gasteiger partial charge in [0, 0.05) is 19.4 Å². The van der Waals surface area contributed by atoms with Crippen molar-refractivity contribution in [2.45, 2.75) is 200 Å². The van der Waals surface area contributed by atoms with Crippen LogP contribution >= 0.6 is 7.82 Å². The maximum Gasteiger partial charge on any atom is 0.472 e. The number of carbonyl (C=O) groups is 2. The molecule has 0 bridgehead atoms. The van der Waals surface area contributed by atoms with Gasteiger partial charge in [-0.15, -0.1) is 0 Å². The number of ether oxygens (including phenoxy) is 2. The van der Waals surface area contributed by atoms with Crippen LogP contribution in [0.15, 0.2) is 0 Å². The Balaban J connectivity index is 4.05. The molecule has 0 rings (SSSR count). The van der Waals surface area contributed by atoms with Gasteiger partial charge in [-0.3, -0.25) is 18.6 Å². The van der Waals surface area contributed by atoms with Crippen LogP contribution in [0.1, 0.15) is 194 Å². The van der Waals surface area contributed by atoms with Crippen molar-refractivity contribution >= 4 is 19.8 Å². The van der Waals surface area contributed by atoms with E-state index in [1.54, 1.807) is 0 Å². The number of unbranched alkanes of at least 4 members (excludes halogenated alkanes) is 24. The van der Waals surface area contributed by atoms with Crippen LogP contribution in [0.25, 0.3) is 0 Å². The van der Waals surface area contributed by atoms with E-state index in [1.165, 1.54) is 122 Å². The minimum Gasteiger partial charge on any atom is -0.462 e. The zero-order valence-electron chi connectivity index (χ0n) is 30.5. The van der Waals surface area contributed by atoms with E-state index in [0.29, 0.717) is 6.42 Å². The Morgan fingerprint density at radius 2 is 0.915 bits per heavy atom. The molecule has 0 aliphatic heterocycles. The first kappa shape index (κ1) is 46.0. The summed E-state index contributed by atoms with van der Waals surface area (Å²) < 4.78 is 32.6. The topological polar surface area (TPSA) is 134 Å². The monoisotopic (exact) mass is 692 g/mol. The average Bonchev–Trinajstić information content (AvgIpc) is 3.05. The van der Waals surface area contributed by atoms with Gasteiger partial charge in [0.15, 0.2) is 6.10 Å². The first-order valence-electron chi connectivity index (χ1n) is 19.5. The Kier molecular flexibility index (Phi) is 34.1. The SMILES string of the molecule is CCCCCCCCCCCCCCCCCCCCC(=O)OC[C@@H](COP(=O)(O)OCCN)OC(=O)CCCCCCCCCC. The molecule has 0 spiro atoms. The van der Waals surface area contributed by atoms with Gasteiger partial charge in [0.25, 0.3) is 0 Å². The molecule has 0 aliphatic carbocycles. The summed E-state index contributed by atoms with van der Waals surface area (Å²) in [6.45, 7) is 3.71. The molecule has 0 aromatic carbocycles. The van der Waals surface area contributed by atoms with Crippen LogP contribution < -0.4 is 5.73 Å². The van der Waals surface area contributed by atoms with Gasteiger partial charge in [0.2, 0.25) is 0 Å². The Hall–Kier alpha value is -0.990. The molecule has 280 valence electrons. The summed E-state index contributed by atoms with van der Waals surface area (Å²) in [6, 6.07) is 0. The first-order valence-corrected chi connectivity index (χ1v) is 21.0. The number of carbonyl (C=O) groups excluding carboxylic acids is 2. The molecule has 0 aromatic rings. The van der Waals surface area contributed by atoms with Crippen molar-refractivity contribution < 1.29 is 37.6 Å². The first-order chi connectivity index (χ1) is 22.8. The van der Waals surface area contributed by atoms with Crippen LogP contribution in [0.3, 0.4) is 0 Å². The molecular formula is C37H74NO8P. The van der Waals surface area contributed by atoms with Crippen LogP contribution in [0.2, 0.25) is 0 Å². The van der Waals surface area contributed by atoms with Crippen molar-refractivity contribution in [3.8, 4) is 0 Å². The zero-order chi connectivity index (χ0) is 34.7. The number of esters is 2. The number of phosphoric ester groups is 1. The lowest BCUT2D eigenvalue weighted by Gasteiger charge is -2.19. The largest absolute Gasteiger partial charge is 0.472 e. The molecule has 0 aromatic heterocycles. The van der Waals surface area contributed by atoms with Gasteiger partial charge in [0.1, 0.15) is 6.61 Å². The predicted octanol–water partition coefficient (Wildman–Crippen LogP) is 10.5. The van der Waals surface area contributed by atoms with Crippen molar-refractivity contribution in [3.05, 3.63) is 0 Å². The van der Waals surface area contributed by atoms with Gasteiger partial charge >= 0.3 is 19.8 Å².